The number of guanidine groups is 1. The monoisotopic (exact) mass is 427 g/mol. The van der Waals surface area contributed by atoms with Crippen LogP contribution in [0.5, 0.6) is 0 Å². The Balaban J connectivity index is 1.59. The van der Waals surface area contributed by atoms with Crippen LogP contribution in [0.25, 0.3) is 0 Å². The number of aromatic nitrogens is 3. The number of anilines is 1. The van der Waals surface area contributed by atoms with Crippen LogP contribution >= 0.6 is 0 Å². The fourth-order valence-electron chi connectivity index (χ4n) is 3.34. The molecule has 0 spiro atoms. The predicted molar refractivity (Wildman–Crippen MR) is 121 cm³/mol. The normalized spacial score (nSPS) is 14.4. The number of amides is 1. The Morgan fingerprint density at radius 3 is 2.68 bits per heavy atom. The average Bonchev–Trinajstić information content (AvgIpc) is 3.35. The Hall–Kier alpha value is -2.94. The summed E-state index contributed by atoms with van der Waals surface area (Å²) < 4.78 is 7.36. The molecule has 0 saturated carbocycles. The van der Waals surface area contributed by atoms with E-state index in [1.807, 2.05) is 54.6 Å². The van der Waals surface area contributed by atoms with E-state index in [0.29, 0.717) is 19.5 Å². The van der Waals surface area contributed by atoms with Crippen molar-refractivity contribution in [3.05, 3.63) is 41.5 Å². The molecule has 1 aromatic heterocycles. The number of aliphatic imine (C=N–C) groups is 1. The molecule has 0 unspecified atom stereocenters. The van der Waals surface area contributed by atoms with Gasteiger partial charge < -0.3 is 24.8 Å². The van der Waals surface area contributed by atoms with Crippen LogP contribution in [0.4, 0.5) is 5.69 Å². The molecule has 0 atom stereocenters. The van der Waals surface area contributed by atoms with Crippen LogP contribution in [-0.2, 0) is 29.7 Å². The van der Waals surface area contributed by atoms with E-state index < -0.39 is 0 Å². The molecule has 1 aromatic carbocycles. The van der Waals surface area contributed by atoms with Crippen molar-refractivity contribution in [2.24, 2.45) is 12.0 Å². The lowest BCUT2D eigenvalue weighted by Crippen LogP contribution is -2.38. The first-order chi connectivity index (χ1) is 15.1. The number of hydrogen-bond donors (Lipinski definition) is 2. The second-order valence-electron chi connectivity index (χ2n) is 7.53. The summed E-state index contributed by atoms with van der Waals surface area (Å²) in [5, 5.41) is 15.0. The second-order valence-corrected chi connectivity index (χ2v) is 7.53. The molecule has 2 heterocycles. The number of aryl methyl sites for hydroxylation is 1. The van der Waals surface area contributed by atoms with Gasteiger partial charge in [0, 0.05) is 45.5 Å². The summed E-state index contributed by atoms with van der Waals surface area (Å²) >= 11 is 0. The van der Waals surface area contributed by atoms with Gasteiger partial charge in [-0.05, 0) is 44.4 Å². The van der Waals surface area contributed by atoms with E-state index in [2.05, 4.69) is 20.8 Å². The maximum absolute atomic E-state index is 11.9. The molecule has 0 aliphatic carbocycles. The lowest BCUT2D eigenvalue weighted by Gasteiger charge is -2.16. The van der Waals surface area contributed by atoms with Gasteiger partial charge in [-0.2, -0.15) is 0 Å². The number of nitrogens with one attached hydrogen (secondary N) is 2. The molecule has 2 aromatic rings. The average molecular weight is 428 g/mol. The van der Waals surface area contributed by atoms with Crippen molar-refractivity contribution in [1.29, 1.82) is 0 Å². The second kappa shape index (κ2) is 11.5. The molecule has 1 aliphatic heterocycles. The van der Waals surface area contributed by atoms with Gasteiger partial charge in [0.2, 0.25) is 5.91 Å². The molecule has 0 radical (unpaired) electrons. The zero-order valence-corrected chi connectivity index (χ0v) is 18.7. The third-order valence-corrected chi connectivity index (χ3v) is 5.30. The molecule has 2 N–H and O–H groups in total. The highest BCUT2D eigenvalue weighted by Crippen LogP contribution is 2.21. The third kappa shape index (κ3) is 6.52. The van der Waals surface area contributed by atoms with Gasteiger partial charge in [0.15, 0.2) is 11.8 Å². The molecule has 168 valence electrons. The van der Waals surface area contributed by atoms with Crippen LogP contribution in [0.2, 0.25) is 0 Å². The van der Waals surface area contributed by atoms with Crippen molar-refractivity contribution < 1.29 is 9.53 Å². The summed E-state index contributed by atoms with van der Waals surface area (Å²) in [7, 11) is 1.95. The summed E-state index contributed by atoms with van der Waals surface area (Å²) in [4.78, 5) is 18.5. The first-order valence-corrected chi connectivity index (χ1v) is 10.9. The van der Waals surface area contributed by atoms with Crippen molar-refractivity contribution in [3.8, 4) is 0 Å². The minimum atomic E-state index is 0.201. The minimum Gasteiger partial charge on any atom is -0.382 e. The van der Waals surface area contributed by atoms with E-state index in [1.165, 1.54) is 0 Å². The highest BCUT2D eigenvalue weighted by atomic mass is 16.5. The summed E-state index contributed by atoms with van der Waals surface area (Å²) in [6.07, 6.45) is 2.47. The Morgan fingerprint density at radius 1 is 1.23 bits per heavy atom. The lowest BCUT2D eigenvalue weighted by molar-refractivity contribution is -0.117. The number of hydrogen-bond acceptors (Lipinski definition) is 5. The van der Waals surface area contributed by atoms with Gasteiger partial charge in [0.1, 0.15) is 5.82 Å². The Kier molecular flexibility index (Phi) is 8.40. The summed E-state index contributed by atoms with van der Waals surface area (Å²) in [5.41, 5.74) is 2.04. The van der Waals surface area contributed by atoms with E-state index in [-0.39, 0.29) is 5.91 Å². The molecular weight excluding hydrogens is 394 g/mol. The van der Waals surface area contributed by atoms with Gasteiger partial charge in [-0.3, -0.25) is 4.79 Å². The highest BCUT2D eigenvalue weighted by Gasteiger charge is 2.21. The van der Waals surface area contributed by atoms with Crippen molar-refractivity contribution in [3.63, 3.8) is 0 Å². The fourth-order valence-corrected chi connectivity index (χ4v) is 3.34. The maximum atomic E-state index is 11.9. The standard InChI is InChI=1S/C22H33N7O2/c1-4-31-14-6-12-23-22(25-16-20-27-26-17(2)28(20)3)24-15-18-8-10-19(11-9-18)29-13-5-7-21(29)30/h8-11H,4-7,12-16H2,1-3H3,(H2,23,24,25). The van der Waals surface area contributed by atoms with E-state index in [1.54, 1.807) is 0 Å². The van der Waals surface area contributed by atoms with Gasteiger partial charge in [-0.25, -0.2) is 4.99 Å². The van der Waals surface area contributed by atoms with Gasteiger partial charge in [0.25, 0.3) is 0 Å². The SMILES string of the molecule is CCOCCCNC(=NCc1ccc(N2CCCC2=O)cc1)NCc1nnc(C)n1C. The zero-order valence-electron chi connectivity index (χ0n) is 18.7. The van der Waals surface area contributed by atoms with E-state index in [4.69, 9.17) is 9.73 Å². The Bertz CT molecular complexity index is 876. The van der Waals surface area contributed by atoms with Crippen molar-refractivity contribution in [2.75, 3.05) is 31.2 Å². The van der Waals surface area contributed by atoms with Gasteiger partial charge in [-0.15, -0.1) is 10.2 Å². The first-order valence-electron chi connectivity index (χ1n) is 10.9. The molecule has 9 nitrogen and oxygen atoms in total. The van der Waals surface area contributed by atoms with E-state index in [0.717, 1.165) is 68.0 Å². The summed E-state index contributed by atoms with van der Waals surface area (Å²) in [6, 6.07) is 8.06. The van der Waals surface area contributed by atoms with E-state index >= 15 is 0 Å². The number of carbonyl (C=O) groups is 1. The third-order valence-electron chi connectivity index (χ3n) is 5.30. The lowest BCUT2D eigenvalue weighted by atomic mass is 10.2. The van der Waals surface area contributed by atoms with Gasteiger partial charge in [0.05, 0.1) is 13.1 Å². The largest absolute Gasteiger partial charge is 0.382 e. The molecule has 31 heavy (non-hydrogen) atoms. The number of rotatable bonds is 10. The predicted octanol–water partition coefficient (Wildman–Crippen LogP) is 1.91. The van der Waals surface area contributed by atoms with Crippen LogP contribution in [0.15, 0.2) is 29.3 Å². The fraction of sp³-hybridized carbons (Fsp3) is 0.545. The Morgan fingerprint density at radius 2 is 2.03 bits per heavy atom. The van der Waals surface area contributed by atoms with Crippen LogP contribution in [0.3, 0.4) is 0 Å². The van der Waals surface area contributed by atoms with Gasteiger partial charge in [-0.1, -0.05) is 12.1 Å². The topological polar surface area (TPSA) is 96.7 Å². The first kappa shape index (κ1) is 22.7. The summed E-state index contributed by atoms with van der Waals surface area (Å²) in [5.74, 6) is 2.64. The molecule has 3 rings (SSSR count). The molecule has 1 amide bonds. The van der Waals surface area contributed by atoms with Crippen LogP contribution in [-0.4, -0.2) is 52.9 Å². The molecule has 1 fully saturated rings. The molecular formula is C22H33N7O2. The summed E-state index contributed by atoms with van der Waals surface area (Å²) in [6.45, 7) is 8.00. The van der Waals surface area contributed by atoms with Crippen LogP contribution < -0.4 is 15.5 Å². The van der Waals surface area contributed by atoms with Gasteiger partial charge >= 0.3 is 0 Å². The molecule has 1 saturated heterocycles. The highest BCUT2D eigenvalue weighted by molar-refractivity contribution is 5.95. The number of benzene rings is 1. The zero-order chi connectivity index (χ0) is 22.1. The Labute approximate surface area is 183 Å². The number of nitrogens with zero attached hydrogens (tertiary/aromatic N) is 5. The smallest absolute Gasteiger partial charge is 0.227 e. The van der Waals surface area contributed by atoms with Crippen LogP contribution in [0, 0.1) is 6.92 Å². The number of carbonyl (C=O) groups excluding carboxylic acids is 1. The van der Waals surface area contributed by atoms with E-state index in [9.17, 15) is 4.79 Å². The van der Waals surface area contributed by atoms with Crippen molar-refractivity contribution in [2.45, 2.75) is 46.2 Å². The molecule has 1 aliphatic rings. The molecule has 9 heteroatoms. The molecule has 0 bridgehead atoms. The maximum Gasteiger partial charge on any atom is 0.227 e. The van der Waals surface area contributed by atoms with Crippen molar-refractivity contribution in [1.82, 2.24) is 25.4 Å². The number of ether oxygens (including phenoxy) is 1. The van der Waals surface area contributed by atoms with Crippen LogP contribution in [0.1, 0.15) is 43.4 Å². The minimum absolute atomic E-state index is 0.201. The quantitative estimate of drug-likeness (QED) is 0.342. The van der Waals surface area contributed by atoms with Crippen molar-refractivity contribution >= 4 is 17.6 Å².